The van der Waals surface area contributed by atoms with E-state index >= 15 is 0 Å². The van der Waals surface area contributed by atoms with Crippen molar-refractivity contribution in [2.75, 3.05) is 0 Å². The van der Waals surface area contributed by atoms with Crippen LogP contribution in [0.5, 0.6) is 5.75 Å². The van der Waals surface area contributed by atoms with E-state index in [1.807, 2.05) is 0 Å². The summed E-state index contributed by atoms with van der Waals surface area (Å²) >= 11 is 0. The Labute approximate surface area is 122 Å². The first-order valence-corrected chi connectivity index (χ1v) is 7.20. The van der Waals surface area contributed by atoms with Crippen molar-refractivity contribution in [1.82, 2.24) is 0 Å². The van der Waals surface area contributed by atoms with Crippen LogP contribution in [-0.2, 0) is 0 Å². The molecule has 2 rings (SSSR count). The number of ether oxygens (including phenoxy) is 1. The summed E-state index contributed by atoms with van der Waals surface area (Å²) in [5.74, 6) is -0.658. The molecule has 1 aliphatic rings. The molecule has 114 valence electrons. The van der Waals surface area contributed by atoms with Gasteiger partial charge in [-0.05, 0) is 31.2 Å². The van der Waals surface area contributed by atoms with Crippen LogP contribution >= 0.6 is 0 Å². The summed E-state index contributed by atoms with van der Waals surface area (Å²) in [5.41, 5.74) is -0.788. The van der Waals surface area contributed by atoms with E-state index in [2.05, 4.69) is 6.92 Å². The number of hydrogen-bond acceptors (Lipinski definition) is 4. The van der Waals surface area contributed by atoms with E-state index < -0.39 is 16.6 Å². The molecule has 1 aromatic carbocycles. The Balaban J connectivity index is 2.25. The van der Waals surface area contributed by atoms with Crippen molar-refractivity contribution in [2.45, 2.75) is 45.1 Å². The minimum Gasteiger partial charge on any atom is -0.489 e. The molecule has 6 nitrogen and oxygen atoms in total. The van der Waals surface area contributed by atoms with Gasteiger partial charge in [-0.2, -0.15) is 0 Å². The molecule has 0 saturated heterocycles. The maximum Gasteiger partial charge on any atom is 0.346 e. The van der Waals surface area contributed by atoms with Gasteiger partial charge in [0.2, 0.25) is 0 Å². The van der Waals surface area contributed by atoms with Crippen molar-refractivity contribution in [3.05, 3.63) is 33.9 Å². The van der Waals surface area contributed by atoms with E-state index in [9.17, 15) is 20.0 Å². The topological polar surface area (TPSA) is 89.7 Å². The van der Waals surface area contributed by atoms with E-state index in [1.54, 1.807) is 0 Å². The largest absolute Gasteiger partial charge is 0.489 e. The second-order valence-electron chi connectivity index (χ2n) is 5.39. The first-order valence-electron chi connectivity index (χ1n) is 7.20. The van der Waals surface area contributed by atoms with Gasteiger partial charge in [-0.15, -0.1) is 0 Å². The standard InChI is InChI=1S/C15H19NO5/c1-2-10-5-3-6-11(9-10)21-13-8-4-7-12(16(19)20)14(13)15(17)18/h4,7-8,10-11H,2-3,5-6,9H2,1H3,(H,17,18). The van der Waals surface area contributed by atoms with Gasteiger partial charge in [-0.3, -0.25) is 10.1 Å². The third kappa shape index (κ3) is 3.51. The number of nitrogens with zero attached hydrogens (tertiary/aromatic N) is 1. The second-order valence-corrected chi connectivity index (χ2v) is 5.39. The van der Waals surface area contributed by atoms with Crippen molar-refractivity contribution in [3.63, 3.8) is 0 Å². The van der Waals surface area contributed by atoms with Crippen molar-refractivity contribution in [1.29, 1.82) is 0 Å². The molecule has 0 amide bonds. The number of nitro groups is 1. The molecule has 6 heteroatoms. The molecule has 21 heavy (non-hydrogen) atoms. The fourth-order valence-corrected chi connectivity index (χ4v) is 2.88. The summed E-state index contributed by atoms with van der Waals surface area (Å²) in [4.78, 5) is 21.6. The molecule has 1 saturated carbocycles. The highest BCUT2D eigenvalue weighted by Crippen LogP contribution is 2.33. The zero-order chi connectivity index (χ0) is 15.4. The van der Waals surface area contributed by atoms with E-state index in [0.29, 0.717) is 5.92 Å². The van der Waals surface area contributed by atoms with Crippen LogP contribution in [0, 0.1) is 16.0 Å². The van der Waals surface area contributed by atoms with E-state index in [1.165, 1.54) is 18.2 Å². The predicted octanol–water partition coefficient (Wildman–Crippen LogP) is 3.64. The minimum atomic E-state index is -1.33. The molecule has 0 heterocycles. The van der Waals surface area contributed by atoms with Crippen LogP contribution in [0.25, 0.3) is 0 Å². The Morgan fingerprint density at radius 1 is 1.48 bits per heavy atom. The molecule has 1 fully saturated rings. The fourth-order valence-electron chi connectivity index (χ4n) is 2.88. The van der Waals surface area contributed by atoms with Crippen molar-refractivity contribution in [2.24, 2.45) is 5.92 Å². The molecule has 2 unspecified atom stereocenters. The molecule has 0 aliphatic heterocycles. The Morgan fingerprint density at radius 2 is 2.24 bits per heavy atom. The van der Waals surface area contributed by atoms with Gasteiger partial charge < -0.3 is 9.84 Å². The normalized spacial score (nSPS) is 21.8. The van der Waals surface area contributed by atoms with Gasteiger partial charge in [0.25, 0.3) is 5.69 Å². The van der Waals surface area contributed by atoms with Crippen LogP contribution in [0.2, 0.25) is 0 Å². The lowest BCUT2D eigenvalue weighted by Crippen LogP contribution is -2.26. The van der Waals surface area contributed by atoms with E-state index in [-0.39, 0.29) is 17.4 Å². The van der Waals surface area contributed by atoms with Crippen LogP contribution in [0.15, 0.2) is 18.2 Å². The zero-order valence-corrected chi connectivity index (χ0v) is 11.9. The molecular weight excluding hydrogens is 274 g/mol. The quantitative estimate of drug-likeness (QED) is 0.661. The number of carbonyl (C=O) groups is 1. The smallest absolute Gasteiger partial charge is 0.346 e. The molecular formula is C15H19NO5. The predicted molar refractivity (Wildman–Crippen MR) is 76.7 cm³/mol. The number of rotatable bonds is 5. The lowest BCUT2D eigenvalue weighted by Gasteiger charge is -2.29. The third-order valence-corrected chi connectivity index (χ3v) is 4.02. The van der Waals surface area contributed by atoms with E-state index in [0.717, 1.165) is 32.1 Å². The van der Waals surface area contributed by atoms with Gasteiger partial charge in [0.1, 0.15) is 5.75 Å². The molecule has 0 aromatic heterocycles. The number of aromatic carboxylic acids is 1. The molecule has 0 bridgehead atoms. The monoisotopic (exact) mass is 293 g/mol. The summed E-state index contributed by atoms with van der Waals surface area (Å²) in [6.45, 7) is 2.13. The van der Waals surface area contributed by atoms with Crippen LogP contribution in [-0.4, -0.2) is 22.1 Å². The number of nitro benzene ring substituents is 1. The fraction of sp³-hybridized carbons (Fsp3) is 0.533. The highest BCUT2D eigenvalue weighted by molar-refractivity contribution is 5.95. The van der Waals surface area contributed by atoms with Gasteiger partial charge in [0.15, 0.2) is 5.56 Å². The highest BCUT2D eigenvalue weighted by atomic mass is 16.6. The summed E-state index contributed by atoms with van der Waals surface area (Å²) in [7, 11) is 0. The molecule has 1 aromatic rings. The Kier molecular flexibility index (Phi) is 4.77. The van der Waals surface area contributed by atoms with Crippen LogP contribution in [0.4, 0.5) is 5.69 Å². The van der Waals surface area contributed by atoms with Crippen LogP contribution in [0.3, 0.4) is 0 Å². The first kappa shape index (κ1) is 15.3. The highest BCUT2D eigenvalue weighted by Gasteiger charge is 2.28. The summed E-state index contributed by atoms with van der Waals surface area (Å²) in [6, 6.07) is 4.14. The molecule has 2 atom stereocenters. The summed E-state index contributed by atoms with van der Waals surface area (Å²) in [6.07, 6.45) is 4.94. The Hall–Kier alpha value is -2.11. The minimum absolute atomic E-state index is 0.0659. The Morgan fingerprint density at radius 3 is 2.86 bits per heavy atom. The number of benzene rings is 1. The Bertz CT molecular complexity index is 543. The zero-order valence-electron chi connectivity index (χ0n) is 11.9. The maximum atomic E-state index is 11.3. The van der Waals surface area contributed by atoms with Crippen LogP contribution in [0.1, 0.15) is 49.4 Å². The number of hydrogen-bond donors (Lipinski definition) is 1. The van der Waals surface area contributed by atoms with Gasteiger partial charge in [0.05, 0.1) is 11.0 Å². The van der Waals surface area contributed by atoms with Crippen molar-refractivity contribution >= 4 is 11.7 Å². The lowest BCUT2D eigenvalue weighted by atomic mass is 9.85. The lowest BCUT2D eigenvalue weighted by molar-refractivity contribution is -0.385. The molecule has 1 N–H and O–H groups in total. The summed E-state index contributed by atoms with van der Waals surface area (Å²) < 4.78 is 5.79. The van der Waals surface area contributed by atoms with Gasteiger partial charge in [-0.1, -0.05) is 25.8 Å². The SMILES string of the molecule is CCC1CCCC(Oc2cccc([N+](=O)[O-])c2C(=O)O)C1. The molecule has 1 aliphatic carbocycles. The first-order chi connectivity index (χ1) is 10.0. The molecule has 0 radical (unpaired) electrons. The van der Waals surface area contributed by atoms with E-state index in [4.69, 9.17) is 4.74 Å². The van der Waals surface area contributed by atoms with Crippen molar-refractivity contribution < 1.29 is 19.6 Å². The van der Waals surface area contributed by atoms with Gasteiger partial charge in [-0.25, -0.2) is 4.79 Å². The molecule has 0 spiro atoms. The summed E-state index contributed by atoms with van der Waals surface area (Å²) in [5, 5.41) is 20.2. The second kappa shape index (κ2) is 6.56. The average molecular weight is 293 g/mol. The van der Waals surface area contributed by atoms with Gasteiger partial charge >= 0.3 is 5.97 Å². The maximum absolute atomic E-state index is 11.3. The number of carboxylic acid groups (broad SMARTS) is 1. The van der Waals surface area contributed by atoms with Crippen molar-refractivity contribution in [3.8, 4) is 5.75 Å². The average Bonchev–Trinajstić information content (AvgIpc) is 2.46. The third-order valence-electron chi connectivity index (χ3n) is 4.02. The number of carboxylic acids is 1. The van der Waals surface area contributed by atoms with Crippen LogP contribution < -0.4 is 4.74 Å². The van der Waals surface area contributed by atoms with Gasteiger partial charge in [0, 0.05) is 6.07 Å².